The molecule has 0 amide bonds. The summed E-state index contributed by atoms with van der Waals surface area (Å²) in [6.45, 7) is 4.08. The predicted octanol–water partition coefficient (Wildman–Crippen LogP) is 1.62. The molecule has 0 saturated heterocycles. The van der Waals surface area contributed by atoms with E-state index in [0.29, 0.717) is 23.4 Å². The second-order valence-electron chi connectivity index (χ2n) is 6.35. The molecule has 0 aromatic carbocycles. The largest absolute Gasteiger partial charge is 0.439 e. The zero-order valence-corrected chi connectivity index (χ0v) is 13.8. The lowest BCUT2D eigenvalue weighted by Gasteiger charge is -2.32. The number of imidazole rings is 1. The molecule has 9 heteroatoms. The zero-order chi connectivity index (χ0) is 16.8. The molecule has 126 valence electrons. The minimum Gasteiger partial charge on any atom is -0.365 e. The molecule has 1 saturated carbocycles. The predicted molar refractivity (Wildman–Crippen MR) is 87.6 cm³/mol. The van der Waals surface area contributed by atoms with E-state index in [-0.39, 0.29) is 11.6 Å². The summed E-state index contributed by atoms with van der Waals surface area (Å²) >= 11 is 0. The van der Waals surface area contributed by atoms with Gasteiger partial charge < -0.3 is 9.88 Å². The van der Waals surface area contributed by atoms with Crippen molar-refractivity contribution in [3.05, 3.63) is 16.4 Å². The van der Waals surface area contributed by atoms with Gasteiger partial charge in [0.15, 0.2) is 11.5 Å². The molecule has 0 bridgehead atoms. The fourth-order valence-corrected chi connectivity index (χ4v) is 3.03. The van der Waals surface area contributed by atoms with Gasteiger partial charge in [-0.2, -0.15) is 0 Å². The monoisotopic (exact) mass is 329 g/mol. The highest BCUT2D eigenvalue weighted by Crippen LogP contribution is 2.32. The molecule has 1 aliphatic rings. The maximum absolute atomic E-state index is 11.2. The van der Waals surface area contributed by atoms with Gasteiger partial charge in [-0.3, -0.25) is 9.51 Å². The van der Waals surface area contributed by atoms with Crippen LogP contribution in [0.25, 0.3) is 22.8 Å². The van der Waals surface area contributed by atoms with Crippen molar-refractivity contribution in [3.8, 4) is 11.6 Å². The molecule has 1 fully saturated rings. The summed E-state index contributed by atoms with van der Waals surface area (Å²) < 4.78 is 6.52. The molecule has 2 N–H and O–H groups in total. The maximum Gasteiger partial charge on any atom is 0.439 e. The Hall–Kier alpha value is -2.71. The third-order valence-electron chi connectivity index (χ3n) is 4.83. The van der Waals surface area contributed by atoms with Gasteiger partial charge in [-0.15, -0.1) is 0 Å². The standard InChI is InChI=1S/C15H19N7O2/c1-7(9-5-4-6-9)16-11-10-12(17-8(2)22(10)3)19-13(18-11)14-20-15(23)24-21-14/h7,9H,4-6H2,1-3H3,(H,16,18,19)(H,20,21,23). The number of nitrogens with one attached hydrogen (secondary N) is 2. The van der Waals surface area contributed by atoms with Gasteiger partial charge in [-0.25, -0.2) is 19.7 Å². The Morgan fingerprint density at radius 1 is 1.33 bits per heavy atom. The van der Waals surface area contributed by atoms with Gasteiger partial charge in [0.1, 0.15) is 11.3 Å². The Bertz CT molecular complexity index is 951. The van der Waals surface area contributed by atoms with E-state index in [0.717, 1.165) is 11.3 Å². The SMILES string of the molecule is Cc1nc2nc(-c3noc(=O)[nH]3)nc(NC(C)C3CCC3)c2n1C. The molecule has 1 unspecified atom stereocenters. The molecule has 0 aliphatic heterocycles. The Kier molecular flexibility index (Phi) is 3.36. The smallest absolute Gasteiger partial charge is 0.365 e. The number of aromatic amines is 1. The molecule has 3 heterocycles. The summed E-state index contributed by atoms with van der Waals surface area (Å²) in [7, 11) is 1.94. The third-order valence-corrected chi connectivity index (χ3v) is 4.83. The second-order valence-corrected chi connectivity index (χ2v) is 6.35. The van der Waals surface area contributed by atoms with Crippen molar-refractivity contribution >= 4 is 17.0 Å². The number of anilines is 1. The van der Waals surface area contributed by atoms with Gasteiger partial charge in [0.05, 0.1) is 0 Å². The Morgan fingerprint density at radius 3 is 2.75 bits per heavy atom. The van der Waals surface area contributed by atoms with Gasteiger partial charge >= 0.3 is 5.76 Å². The van der Waals surface area contributed by atoms with E-state index in [1.54, 1.807) is 0 Å². The number of nitrogens with zero attached hydrogens (tertiary/aromatic N) is 5. The van der Waals surface area contributed by atoms with E-state index in [1.165, 1.54) is 19.3 Å². The third kappa shape index (κ3) is 2.36. The fourth-order valence-electron chi connectivity index (χ4n) is 3.03. The highest BCUT2D eigenvalue weighted by Gasteiger charge is 2.26. The van der Waals surface area contributed by atoms with Crippen molar-refractivity contribution in [1.82, 2.24) is 29.7 Å². The summed E-state index contributed by atoms with van der Waals surface area (Å²) in [5, 5.41) is 7.17. The Balaban J connectivity index is 1.83. The lowest BCUT2D eigenvalue weighted by atomic mass is 9.80. The average molecular weight is 329 g/mol. The highest BCUT2D eigenvalue weighted by molar-refractivity contribution is 5.85. The van der Waals surface area contributed by atoms with E-state index in [2.05, 4.69) is 41.9 Å². The molecule has 4 rings (SSSR count). The first-order valence-electron chi connectivity index (χ1n) is 8.07. The highest BCUT2D eigenvalue weighted by atomic mass is 16.5. The number of aryl methyl sites for hydroxylation is 2. The lowest BCUT2D eigenvalue weighted by molar-refractivity contribution is 0.285. The molecule has 1 atom stereocenters. The zero-order valence-electron chi connectivity index (χ0n) is 13.8. The maximum atomic E-state index is 11.2. The van der Waals surface area contributed by atoms with Gasteiger partial charge in [0.2, 0.25) is 11.6 Å². The van der Waals surface area contributed by atoms with Gasteiger partial charge in [-0.05, 0) is 32.6 Å². The quantitative estimate of drug-likeness (QED) is 0.747. The van der Waals surface area contributed by atoms with Crippen LogP contribution >= 0.6 is 0 Å². The normalized spacial score (nSPS) is 16.3. The summed E-state index contributed by atoms with van der Waals surface area (Å²) in [4.78, 5) is 27.1. The molecule has 1 aliphatic carbocycles. The lowest BCUT2D eigenvalue weighted by Crippen LogP contribution is -2.31. The van der Waals surface area contributed by atoms with Crippen LogP contribution < -0.4 is 11.1 Å². The van der Waals surface area contributed by atoms with Gasteiger partial charge in [0, 0.05) is 13.1 Å². The Morgan fingerprint density at radius 2 is 2.12 bits per heavy atom. The summed E-state index contributed by atoms with van der Waals surface area (Å²) in [6.07, 6.45) is 3.75. The van der Waals surface area contributed by atoms with Crippen molar-refractivity contribution in [3.63, 3.8) is 0 Å². The van der Waals surface area contributed by atoms with E-state index >= 15 is 0 Å². The fraction of sp³-hybridized carbons (Fsp3) is 0.533. The first kappa shape index (κ1) is 14.9. The molecule has 9 nitrogen and oxygen atoms in total. The second kappa shape index (κ2) is 5.43. The minimum absolute atomic E-state index is 0.199. The molecule has 0 spiro atoms. The van der Waals surface area contributed by atoms with Crippen LogP contribution in [0, 0.1) is 12.8 Å². The van der Waals surface area contributed by atoms with Crippen LogP contribution in [-0.2, 0) is 7.05 Å². The van der Waals surface area contributed by atoms with Crippen LogP contribution in [-0.4, -0.2) is 35.7 Å². The molecular formula is C15H19N7O2. The van der Waals surface area contributed by atoms with Crippen LogP contribution in [0.1, 0.15) is 32.0 Å². The first-order valence-corrected chi connectivity index (χ1v) is 8.07. The van der Waals surface area contributed by atoms with Crippen LogP contribution in [0.4, 0.5) is 5.82 Å². The van der Waals surface area contributed by atoms with Crippen molar-refractivity contribution < 1.29 is 4.52 Å². The minimum atomic E-state index is -0.636. The summed E-state index contributed by atoms with van der Waals surface area (Å²) in [6, 6.07) is 0.302. The first-order chi connectivity index (χ1) is 11.5. The number of fused-ring (bicyclic) bond motifs is 1. The van der Waals surface area contributed by atoms with E-state index in [9.17, 15) is 4.79 Å². The Labute approximate surface area is 137 Å². The number of rotatable bonds is 4. The van der Waals surface area contributed by atoms with Crippen molar-refractivity contribution in [2.75, 3.05) is 5.32 Å². The van der Waals surface area contributed by atoms with E-state index < -0.39 is 5.76 Å². The van der Waals surface area contributed by atoms with Crippen LogP contribution in [0.15, 0.2) is 9.32 Å². The van der Waals surface area contributed by atoms with Gasteiger partial charge in [-0.1, -0.05) is 11.6 Å². The van der Waals surface area contributed by atoms with Crippen LogP contribution in [0.3, 0.4) is 0 Å². The van der Waals surface area contributed by atoms with Crippen LogP contribution in [0.2, 0.25) is 0 Å². The van der Waals surface area contributed by atoms with Crippen molar-refractivity contribution in [2.24, 2.45) is 13.0 Å². The molecule has 3 aromatic heterocycles. The summed E-state index contributed by atoms with van der Waals surface area (Å²) in [5.41, 5.74) is 1.40. The molecule has 0 radical (unpaired) electrons. The number of hydrogen-bond acceptors (Lipinski definition) is 7. The average Bonchev–Trinajstić information content (AvgIpc) is 3.02. The number of aromatic nitrogens is 6. The molecule has 3 aromatic rings. The molecule has 24 heavy (non-hydrogen) atoms. The molecular weight excluding hydrogens is 310 g/mol. The number of H-pyrrole nitrogens is 1. The van der Waals surface area contributed by atoms with Gasteiger partial charge in [0.25, 0.3) is 0 Å². The summed E-state index contributed by atoms with van der Waals surface area (Å²) in [5.74, 6) is 2.04. The van der Waals surface area contributed by atoms with E-state index in [4.69, 9.17) is 0 Å². The van der Waals surface area contributed by atoms with E-state index in [1.807, 2.05) is 18.5 Å². The van der Waals surface area contributed by atoms with Crippen molar-refractivity contribution in [1.29, 1.82) is 0 Å². The van der Waals surface area contributed by atoms with Crippen LogP contribution in [0.5, 0.6) is 0 Å². The number of hydrogen-bond donors (Lipinski definition) is 2. The topological polar surface area (TPSA) is 115 Å². The van der Waals surface area contributed by atoms with Crippen molar-refractivity contribution in [2.45, 2.75) is 39.2 Å².